The Morgan fingerprint density at radius 2 is 1.87 bits per heavy atom. The smallest absolute Gasteiger partial charge is 0.249 e. The van der Waals surface area contributed by atoms with Crippen molar-refractivity contribution >= 4 is 28.5 Å². The lowest BCUT2D eigenvalue weighted by atomic mass is 10.0. The number of hydrogen-bond donors (Lipinski definition) is 1. The van der Waals surface area contributed by atoms with E-state index < -0.39 is 6.04 Å². The van der Waals surface area contributed by atoms with Gasteiger partial charge in [0.15, 0.2) is 0 Å². The quantitative estimate of drug-likeness (QED) is 0.365. The first-order valence-electron chi connectivity index (χ1n) is 12.7. The molecule has 5 rings (SSSR count). The summed E-state index contributed by atoms with van der Waals surface area (Å²) in [6.45, 7) is 2.98. The van der Waals surface area contributed by atoms with E-state index in [-0.39, 0.29) is 24.5 Å². The van der Waals surface area contributed by atoms with E-state index in [0.29, 0.717) is 35.7 Å². The topological polar surface area (TPSA) is 98.6 Å². The van der Waals surface area contributed by atoms with Crippen molar-refractivity contribution in [2.24, 2.45) is 0 Å². The predicted molar refractivity (Wildman–Crippen MR) is 144 cm³/mol. The van der Waals surface area contributed by atoms with Gasteiger partial charge in [-0.2, -0.15) is 0 Å². The van der Waals surface area contributed by atoms with Crippen LogP contribution in [0.25, 0.3) is 11.0 Å². The number of methoxy groups -OCH3 is 1. The largest absolute Gasteiger partial charge is 0.497 e. The molecule has 3 aromatic carbocycles. The van der Waals surface area contributed by atoms with Crippen LogP contribution in [0, 0.1) is 6.92 Å². The SMILES string of the molecule is COc1ccc(N(C(=O)Cn2nnc3ccccc32)[C@H](C(=O)NC[C@H]2CCCO2)c2ccc(C)cc2)cc1. The molecule has 1 aliphatic heterocycles. The summed E-state index contributed by atoms with van der Waals surface area (Å²) >= 11 is 0. The van der Waals surface area contributed by atoms with Gasteiger partial charge in [-0.25, -0.2) is 4.68 Å². The van der Waals surface area contributed by atoms with Crippen molar-refractivity contribution in [2.45, 2.75) is 38.5 Å². The van der Waals surface area contributed by atoms with E-state index in [0.717, 1.165) is 23.9 Å². The third-order valence-corrected chi connectivity index (χ3v) is 6.75. The molecule has 1 fully saturated rings. The van der Waals surface area contributed by atoms with Crippen molar-refractivity contribution < 1.29 is 19.1 Å². The van der Waals surface area contributed by atoms with Crippen LogP contribution in [0.15, 0.2) is 72.8 Å². The number of fused-ring (bicyclic) bond motifs is 1. The Morgan fingerprint density at radius 3 is 2.58 bits per heavy atom. The van der Waals surface area contributed by atoms with Crippen LogP contribution in [-0.4, -0.2) is 53.2 Å². The molecule has 0 bridgehead atoms. The van der Waals surface area contributed by atoms with Gasteiger partial charge < -0.3 is 14.8 Å². The molecule has 2 heterocycles. The molecule has 38 heavy (non-hydrogen) atoms. The molecule has 2 atom stereocenters. The Labute approximate surface area is 221 Å². The first kappa shape index (κ1) is 25.4. The molecular weight excluding hydrogens is 482 g/mol. The number of carbonyl (C=O) groups is 2. The maximum absolute atomic E-state index is 14.1. The maximum Gasteiger partial charge on any atom is 0.249 e. The fourth-order valence-electron chi connectivity index (χ4n) is 4.70. The van der Waals surface area contributed by atoms with E-state index >= 15 is 0 Å². The van der Waals surface area contributed by atoms with Crippen LogP contribution in [0.5, 0.6) is 5.75 Å². The van der Waals surface area contributed by atoms with E-state index in [4.69, 9.17) is 9.47 Å². The Bertz CT molecular complexity index is 1390. The standard InChI is InChI=1S/C29H31N5O4/c1-20-9-11-21(12-10-20)28(29(36)30-18-24-6-5-17-38-24)34(22-13-15-23(37-2)16-14-22)27(35)19-33-26-8-4-3-7-25(26)31-32-33/h3-4,7-16,24,28H,5-6,17-19H2,1-2H3,(H,30,36)/t24-,28+/m1/s1. The first-order valence-corrected chi connectivity index (χ1v) is 12.7. The molecule has 0 aliphatic carbocycles. The summed E-state index contributed by atoms with van der Waals surface area (Å²) in [5.41, 5.74) is 3.76. The van der Waals surface area contributed by atoms with E-state index in [1.165, 1.54) is 4.90 Å². The van der Waals surface area contributed by atoms with Crippen LogP contribution < -0.4 is 15.0 Å². The molecule has 1 aromatic heterocycles. The highest BCUT2D eigenvalue weighted by molar-refractivity contribution is 6.01. The number of para-hydroxylation sites is 1. The van der Waals surface area contributed by atoms with Gasteiger partial charge in [0.05, 0.1) is 18.7 Å². The summed E-state index contributed by atoms with van der Waals surface area (Å²) < 4.78 is 12.6. The number of carbonyl (C=O) groups excluding carboxylic acids is 2. The number of anilines is 1. The molecule has 1 N–H and O–H groups in total. The summed E-state index contributed by atoms with van der Waals surface area (Å²) in [7, 11) is 1.58. The summed E-state index contributed by atoms with van der Waals surface area (Å²) in [5.74, 6) is 0.0683. The number of amides is 2. The van der Waals surface area contributed by atoms with E-state index in [1.54, 1.807) is 36.1 Å². The van der Waals surface area contributed by atoms with Crippen molar-refractivity contribution in [3.63, 3.8) is 0 Å². The minimum atomic E-state index is -0.910. The van der Waals surface area contributed by atoms with E-state index in [2.05, 4.69) is 15.6 Å². The van der Waals surface area contributed by atoms with Crippen LogP contribution in [0.2, 0.25) is 0 Å². The Balaban J connectivity index is 1.53. The second kappa shape index (κ2) is 11.4. The molecule has 0 saturated carbocycles. The molecule has 196 valence electrons. The summed E-state index contributed by atoms with van der Waals surface area (Å²) in [6.07, 6.45) is 1.85. The number of rotatable bonds is 9. The minimum absolute atomic E-state index is 0.0238. The molecule has 9 nitrogen and oxygen atoms in total. The van der Waals surface area contributed by atoms with Crippen molar-refractivity contribution in [1.82, 2.24) is 20.3 Å². The molecular formula is C29H31N5O4. The van der Waals surface area contributed by atoms with Gasteiger partial charge in [0.1, 0.15) is 23.9 Å². The zero-order valence-electron chi connectivity index (χ0n) is 21.5. The zero-order valence-corrected chi connectivity index (χ0v) is 21.5. The van der Waals surface area contributed by atoms with Crippen LogP contribution in [-0.2, 0) is 20.9 Å². The number of hydrogen-bond acceptors (Lipinski definition) is 6. The van der Waals surface area contributed by atoms with Crippen LogP contribution >= 0.6 is 0 Å². The average molecular weight is 514 g/mol. The summed E-state index contributed by atoms with van der Waals surface area (Å²) in [6, 6.07) is 21.3. The Hall–Kier alpha value is -4.24. The predicted octanol–water partition coefficient (Wildman–Crippen LogP) is 3.82. The van der Waals surface area contributed by atoms with E-state index in [9.17, 15) is 9.59 Å². The molecule has 0 unspecified atom stereocenters. The lowest BCUT2D eigenvalue weighted by Crippen LogP contribution is -2.46. The van der Waals surface area contributed by atoms with Crippen molar-refractivity contribution in [3.05, 3.63) is 83.9 Å². The molecule has 1 saturated heterocycles. The highest BCUT2D eigenvalue weighted by Crippen LogP contribution is 2.30. The normalized spacial score (nSPS) is 15.8. The fourth-order valence-corrected chi connectivity index (χ4v) is 4.70. The van der Waals surface area contributed by atoms with Gasteiger partial charge in [-0.3, -0.25) is 14.5 Å². The Kier molecular flexibility index (Phi) is 7.65. The lowest BCUT2D eigenvalue weighted by Gasteiger charge is -2.32. The molecule has 2 amide bonds. The number of benzene rings is 3. The lowest BCUT2D eigenvalue weighted by molar-refractivity contribution is -0.127. The van der Waals surface area contributed by atoms with Crippen molar-refractivity contribution in [1.29, 1.82) is 0 Å². The van der Waals surface area contributed by atoms with Gasteiger partial charge in [0, 0.05) is 18.8 Å². The fraction of sp³-hybridized carbons (Fsp3) is 0.310. The van der Waals surface area contributed by atoms with Gasteiger partial charge in [-0.1, -0.05) is 47.2 Å². The third kappa shape index (κ3) is 5.52. The third-order valence-electron chi connectivity index (χ3n) is 6.75. The summed E-state index contributed by atoms with van der Waals surface area (Å²) in [5, 5.41) is 11.4. The monoisotopic (exact) mass is 513 g/mol. The van der Waals surface area contributed by atoms with Crippen LogP contribution in [0.3, 0.4) is 0 Å². The van der Waals surface area contributed by atoms with Crippen molar-refractivity contribution in [3.8, 4) is 5.75 Å². The molecule has 4 aromatic rings. The number of aryl methyl sites for hydroxylation is 1. The highest BCUT2D eigenvalue weighted by Gasteiger charge is 2.34. The van der Waals surface area contributed by atoms with Crippen molar-refractivity contribution in [2.75, 3.05) is 25.2 Å². The van der Waals surface area contributed by atoms with Crippen LogP contribution in [0.1, 0.15) is 30.0 Å². The second-order valence-electron chi connectivity index (χ2n) is 9.39. The van der Waals surface area contributed by atoms with Gasteiger partial charge in [-0.05, 0) is 61.7 Å². The molecule has 1 aliphatic rings. The first-order chi connectivity index (χ1) is 18.5. The van der Waals surface area contributed by atoms with Gasteiger partial charge in [0.2, 0.25) is 11.8 Å². The van der Waals surface area contributed by atoms with E-state index in [1.807, 2.05) is 55.5 Å². The number of nitrogens with one attached hydrogen (secondary N) is 1. The number of ether oxygens (including phenoxy) is 2. The zero-order chi connectivity index (χ0) is 26.5. The average Bonchev–Trinajstić information content (AvgIpc) is 3.61. The highest BCUT2D eigenvalue weighted by atomic mass is 16.5. The van der Waals surface area contributed by atoms with Crippen LogP contribution in [0.4, 0.5) is 5.69 Å². The maximum atomic E-state index is 14.1. The minimum Gasteiger partial charge on any atom is -0.497 e. The molecule has 0 radical (unpaired) electrons. The number of nitrogens with zero attached hydrogens (tertiary/aromatic N) is 4. The van der Waals surface area contributed by atoms with Gasteiger partial charge in [0.25, 0.3) is 0 Å². The second-order valence-corrected chi connectivity index (χ2v) is 9.39. The summed E-state index contributed by atoms with van der Waals surface area (Å²) in [4.78, 5) is 29.4. The molecule has 0 spiro atoms. The molecule has 9 heteroatoms. The number of aromatic nitrogens is 3. The Morgan fingerprint density at radius 1 is 1.11 bits per heavy atom. The van der Waals surface area contributed by atoms with Gasteiger partial charge in [-0.15, -0.1) is 5.10 Å². The van der Waals surface area contributed by atoms with Gasteiger partial charge >= 0.3 is 0 Å².